The summed E-state index contributed by atoms with van der Waals surface area (Å²) >= 11 is 0. The zero-order valence-corrected chi connectivity index (χ0v) is 26.3. The van der Waals surface area contributed by atoms with Crippen LogP contribution in [-0.4, -0.2) is 51.8 Å². The van der Waals surface area contributed by atoms with Gasteiger partial charge in [-0.15, -0.1) is 0 Å². The van der Waals surface area contributed by atoms with Crippen LogP contribution < -0.4 is 5.32 Å². The smallest absolute Gasteiger partial charge is 0.316 e. The summed E-state index contributed by atoms with van der Waals surface area (Å²) in [5.74, 6) is -1.94. The van der Waals surface area contributed by atoms with E-state index >= 15 is 0 Å². The molecule has 0 aliphatic carbocycles. The van der Waals surface area contributed by atoms with Gasteiger partial charge in [0, 0.05) is 24.1 Å². The number of hydrogen-bond acceptors (Lipinski definition) is 6. The van der Waals surface area contributed by atoms with Crippen molar-refractivity contribution in [1.82, 2.24) is 10.2 Å². The van der Waals surface area contributed by atoms with Crippen LogP contribution in [-0.2, 0) is 32.1 Å². The summed E-state index contributed by atoms with van der Waals surface area (Å²) in [6.07, 6.45) is 2.01. The number of fused-ring (bicyclic) bond motifs is 2. The highest BCUT2D eigenvalue weighted by molar-refractivity contribution is 6.00. The van der Waals surface area contributed by atoms with Crippen molar-refractivity contribution in [3.8, 4) is 0 Å². The minimum atomic E-state index is -1.13. The summed E-state index contributed by atoms with van der Waals surface area (Å²) in [5.41, 5.74) is 5.24. The molecular weight excluding hydrogens is 544 g/mol. The fraction of sp³-hybridized carbons (Fsp3) is 0.486. The Kier molecular flexibility index (Phi) is 9.90. The Morgan fingerprint density at radius 2 is 1.65 bits per heavy atom. The first kappa shape index (κ1) is 32.1. The molecule has 5 atom stereocenters. The van der Waals surface area contributed by atoms with Crippen molar-refractivity contribution in [2.24, 2.45) is 11.8 Å². The number of carbonyl (C=O) groups is 4. The number of ether oxygens (including phenoxy) is 1. The minimum absolute atomic E-state index is 0.0177. The number of aliphatic hydroxyl groups excluding tert-OH is 1. The number of nitrogens with one attached hydrogen (secondary N) is 1. The molecule has 0 saturated carbocycles. The third kappa shape index (κ3) is 6.90. The lowest BCUT2D eigenvalue weighted by atomic mass is 9.85. The molecule has 2 heterocycles. The monoisotopic (exact) mass is 588 g/mol. The van der Waals surface area contributed by atoms with Crippen LogP contribution in [0.5, 0.6) is 0 Å². The normalized spacial score (nSPS) is 21.0. The van der Waals surface area contributed by atoms with E-state index in [2.05, 4.69) is 5.32 Å². The number of esters is 1. The van der Waals surface area contributed by atoms with Gasteiger partial charge in [-0.05, 0) is 80.3 Å². The van der Waals surface area contributed by atoms with E-state index < -0.39 is 30.1 Å². The molecule has 0 aromatic heterocycles. The number of Topliss-reactive ketones (excluding diaryl/α,β-unsaturated/α-hetero) is 1. The van der Waals surface area contributed by atoms with Gasteiger partial charge in [0.1, 0.15) is 12.5 Å². The van der Waals surface area contributed by atoms with Gasteiger partial charge < -0.3 is 20.1 Å². The molecule has 43 heavy (non-hydrogen) atoms. The summed E-state index contributed by atoms with van der Waals surface area (Å²) in [7, 11) is 0. The number of ketones is 1. The van der Waals surface area contributed by atoms with Crippen LogP contribution in [0.3, 0.4) is 0 Å². The molecule has 2 aromatic rings. The third-order valence-corrected chi connectivity index (χ3v) is 8.91. The van der Waals surface area contributed by atoms with Crippen molar-refractivity contribution in [2.45, 2.75) is 98.4 Å². The van der Waals surface area contributed by atoms with Crippen LogP contribution in [0.4, 0.5) is 0 Å². The molecule has 0 radical (unpaired) electrons. The number of aryl methyl sites for hydroxylation is 2. The average Bonchev–Trinajstić information content (AvgIpc) is 3.32. The molecule has 0 spiro atoms. The number of amides is 2. The number of rotatable bonds is 10. The molecule has 8 heteroatoms. The fourth-order valence-electron chi connectivity index (χ4n) is 6.11. The van der Waals surface area contributed by atoms with Gasteiger partial charge in [0.2, 0.25) is 5.91 Å². The van der Waals surface area contributed by atoms with Crippen molar-refractivity contribution in [3.63, 3.8) is 0 Å². The first-order valence-corrected chi connectivity index (χ1v) is 15.2. The van der Waals surface area contributed by atoms with E-state index in [-0.39, 0.29) is 42.5 Å². The van der Waals surface area contributed by atoms with Gasteiger partial charge in [-0.2, -0.15) is 0 Å². The van der Waals surface area contributed by atoms with Crippen molar-refractivity contribution in [3.05, 3.63) is 81.6 Å². The van der Waals surface area contributed by atoms with Crippen molar-refractivity contribution < 1.29 is 29.0 Å². The first-order valence-electron chi connectivity index (χ1n) is 15.2. The van der Waals surface area contributed by atoms with E-state index in [4.69, 9.17) is 4.74 Å². The standard InChI is InChI=1S/C35H44N2O6/c1-8-26(19(2)3)33(40)36-23(7)30(38)16-24-9-11-25(12-10-24)18-43-35(42)31-27-14-21(5)22(6)15-28(27)34(41)37-17-20(4)13-29(37)32(31)39/h9-12,14-15,17,19,23,26,29,31-32,39H,8,13,16,18H2,1-7H3,(H,36,40)/t23-,26-,29-,31?,32-/m0/s1. The van der Waals surface area contributed by atoms with Gasteiger partial charge in [-0.25, -0.2) is 0 Å². The lowest BCUT2D eigenvalue weighted by Crippen LogP contribution is -2.43. The van der Waals surface area contributed by atoms with Gasteiger partial charge >= 0.3 is 5.97 Å². The average molecular weight is 589 g/mol. The first-order chi connectivity index (χ1) is 20.3. The second-order valence-electron chi connectivity index (χ2n) is 12.5. The van der Waals surface area contributed by atoms with Gasteiger partial charge in [-0.1, -0.05) is 56.7 Å². The van der Waals surface area contributed by atoms with E-state index in [9.17, 15) is 24.3 Å². The van der Waals surface area contributed by atoms with Crippen molar-refractivity contribution in [1.29, 1.82) is 0 Å². The quantitative estimate of drug-likeness (QED) is 0.381. The number of nitrogens with zero attached hydrogens (tertiary/aromatic N) is 1. The zero-order chi connectivity index (χ0) is 31.6. The zero-order valence-electron chi connectivity index (χ0n) is 26.3. The highest BCUT2D eigenvalue weighted by Gasteiger charge is 2.46. The van der Waals surface area contributed by atoms with Crippen LogP contribution in [0.2, 0.25) is 0 Å². The van der Waals surface area contributed by atoms with Crippen LogP contribution in [0.25, 0.3) is 0 Å². The Hall–Kier alpha value is -3.78. The molecule has 2 aliphatic rings. The second kappa shape index (κ2) is 13.2. The summed E-state index contributed by atoms with van der Waals surface area (Å²) in [4.78, 5) is 53.9. The van der Waals surface area contributed by atoms with Crippen molar-refractivity contribution in [2.75, 3.05) is 0 Å². The van der Waals surface area contributed by atoms with Gasteiger partial charge in [0.15, 0.2) is 5.78 Å². The molecule has 2 amide bonds. The maximum Gasteiger partial charge on any atom is 0.316 e. The van der Waals surface area contributed by atoms with E-state index in [0.717, 1.165) is 34.2 Å². The third-order valence-electron chi connectivity index (χ3n) is 8.91. The maximum atomic E-state index is 13.5. The van der Waals surface area contributed by atoms with Crippen LogP contribution in [0.1, 0.15) is 91.6 Å². The molecule has 230 valence electrons. The molecule has 0 fully saturated rings. The summed E-state index contributed by atoms with van der Waals surface area (Å²) < 4.78 is 5.73. The molecular formula is C35H44N2O6. The predicted octanol–water partition coefficient (Wildman–Crippen LogP) is 4.92. The Balaban J connectivity index is 1.42. The Bertz CT molecular complexity index is 1430. The highest BCUT2D eigenvalue weighted by Crippen LogP contribution is 2.39. The van der Waals surface area contributed by atoms with E-state index in [1.165, 1.54) is 0 Å². The number of benzene rings is 2. The van der Waals surface area contributed by atoms with Crippen molar-refractivity contribution >= 4 is 23.6 Å². The maximum absolute atomic E-state index is 13.5. The Morgan fingerprint density at radius 1 is 1.02 bits per heavy atom. The number of hydrogen-bond donors (Lipinski definition) is 2. The lowest BCUT2D eigenvalue weighted by molar-refractivity contribution is -0.150. The lowest BCUT2D eigenvalue weighted by Gasteiger charge is -2.28. The highest BCUT2D eigenvalue weighted by atomic mass is 16.5. The van der Waals surface area contributed by atoms with E-state index in [1.54, 1.807) is 36.2 Å². The largest absolute Gasteiger partial charge is 0.460 e. The van der Waals surface area contributed by atoms with Crippen LogP contribution in [0, 0.1) is 25.7 Å². The van der Waals surface area contributed by atoms with Crippen LogP contribution >= 0.6 is 0 Å². The van der Waals surface area contributed by atoms with E-state index in [1.807, 2.05) is 59.7 Å². The predicted molar refractivity (Wildman–Crippen MR) is 164 cm³/mol. The Labute approximate surface area is 254 Å². The number of aliphatic hydroxyl groups is 1. The SMILES string of the molecule is CC[C@H](C(=O)N[C@@H](C)C(=O)Cc1ccc(COC(=O)C2c3cc(C)c(C)cc3C(=O)N3C=C(C)C[C@H]3[C@@H]2O)cc1)C(C)C. The minimum Gasteiger partial charge on any atom is -0.460 e. The molecule has 2 aromatic carbocycles. The van der Waals surface area contributed by atoms with Gasteiger partial charge in [0.25, 0.3) is 5.91 Å². The van der Waals surface area contributed by atoms with Gasteiger partial charge in [0.05, 0.1) is 18.2 Å². The number of carbonyl (C=O) groups excluding carboxylic acids is 4. The molecule has 2 aliphatic heterocycles. The van der Waals surface area contributed by atoms with E-state index in [0.29, 0.717) is 17.5 Å². The molecule has 0 bridgehead atoms. The van der Waals surface area contributed by atoms with Gasteiger partial charge in [-0.3, -0.25) is 19.2 Å². The summed E-state index contributed by atoms with van der Waals surface area (Å²) in [6, 6.07) is 9.69. The summed E-state index contributed by atoms with van der Waals surface area (Å²) in [5, 5.41) is 14.3. The topological polar surface area (TPSA) is 113 Å². The van der Waals surface area contributed by atoms with Crippen LogP contribution in [0.15, 0.2) is 48.2 Å². The Morgan fingerprint density at radius 3 is 2.28 bits per heavy atom. The molecule has 1 unspecified atom stereocenters. The molecule has 4 rings (SSSR count). The molecule has 2 N–H and O–H groups in total. The fourth-order valence-corrected chi connectivity index (χ4v) is 6.11. The second-order valence-corrected chi connectivity index (χ2v) is 12.5. The molecule has 8 nitrogen and oxygen atoms in total. The summed E-state index contributed by atoms with van der Waals surface area (Å²) in [6.45, 7) is 13.4. The molecule has 0 saturated heterocycles.